The van der Waals surface area contributed by atoms with E-state index in [0.717, 1.165) is 10.0 Å². The molecular weight excluding hydrogens is 334 g/mol. The second-order valence-corrected chi connectivity index (χ2v) is 5.11. The molecule has 2 rings (SSSR count). The lowest BCUT2D eigenvalue weighted by atomic mass is 10.2. The molecule has 0 aliphatic carbocycles. The van der Waals surface area contributed by atoms with Crippen molar-refractivity contribution in [3.05, 3.63) is 67.6 Å². The van der Waals surface area contributed by atoms with Gasteiger partial charge in [0.05, 0.1) is 9.95 Å². The lowest BCUT2D eigenvalue weighted by Crippen LogP contribution is -1.96. The second kappa shape index (κ2) is 6.04. The molecule has 0 N–H and O–H groups in total. The Bertz CT molecular complexity index is 601. The molecule has 19 heavy (non-hydrogen) atoms. The van der Waals surface area contributed by atoms with Crippen LogP contribution >= 0.6 is 27.5 Å². The molecule has 0 bridgehead atoms. The van der Waals surface area contributed by atoms with Crippen LogP contribution < -0.4 is 4.74 Å². The summed E-state index contributed by atoms with van der Waals surface area (Å²) in [5.74, 6) is 0.426. The fourth-order valence-corrected chi connectivity index (χ4v) is 1.96. The Balaban J connectivity index is 2.07. The predicted molar refractivity (Wildman–Crippen MR) is 76.6 cm³/mol. The van der Waals surface area contributed by atoms with Gasteiger partial charge in [-0.05, 0) is 23.8 Å². The van der Waals surface area contributed by atoms with Crippen LogP contribution in [0.5, 0.6) is 5.75 Å². The van der Waals surface area contributed by atoms with Gasteiger partial charge in [0.1, 0.15) is 12.4 Å². The second-order valence-electron chi connectivity index (χ2n) is 3.79. The van der Waals surface area contributed by atoms with E-state index < -0.39 is 4.92 Å². The highest BCUT2D eigenvalue weighted by molar-refractivity contribution is 9.10. The number of hydrogen-bond acceptors (Lipinski definition) is 3. The van der Waals surface area contributed by atoms with E-state index in [4.69, 9.17) is 16.3 Å². The fraction of sp³-hybridized carbons (Fsp3) is 0.0769. The average molecular weight is 343 g/mol. The number of non-ortho nitro benzene ring substituents is 1. The van der Waals surface area contributed by atoms with Gasteiger partial charge in [0, 0.05) is 16.6 Å². The smallest absolute Gasteiger partial charge is 0.271 e. The Morgan fingerprint density at radius 3 is 2.47 bits per heavy atom. The van der Waals surface area contributed by atoms with Gasteiger partial charge in [0.15, 0.2) is 0 Å². The van der Waals surface area contributed by atoms with Gasteiger partial charge in [-0.2, -0.15) is 0 Å². The van der Waals surface area contributed by atoms with Crippen molar-refractivity contribution in [3.8, 4) is 5.75 Å². The minimum Gasteiger partial charge on any atom is -0.487 e. The summed E-state index contributed by atoms with van der Waals surface area (Å²) in [6.45, 7) is 0.352. The molecule has 0 unspecified atom stereocenters. The molecule has 0 saturated heterocycles. The maximum Gasteiger partial charge on any atom is 0.271 e. The first-order chi connectivity index (χ1) is 9.06. The highest BCUT2D eigenvalue weighted by Gasteiger charge is 2.10. The Morgan fingerprint density at radius 2 is 1.89 bits per heavy atom. The van der Waals surface area contributed by atoms with E-state index in [-0.39, 0.29) is 10.7 Å². The first-order valence-corrected chi connectivity index (χ1v) is 6.54. The third-order valence-corrected chi connectivity index (χ3v) is 3.26. The van der Waals surface area contributed by atoms with Crippen LogP contribution in [0.1, 0.15) is 5.56 Å². The van der Waals surface area contributed by atoms with Gasteiger partial charge in [-0.3, -0.25) is 10.1 Å². The van der Waals surface area contributed by atoms with Crippen molar-refractivity contribution in [2.24, 2.45) is 0 Å². The Morgan fingerprint density at radius 1 is 1.21 bits per heavy atom. The first kappa shape index (κ1) is 13.8. The summed E-state index contributed by atoms with van der Waals surface area (Å²) in [5.41, 5.74) is 0.929. The first-order valence-electron chi connectivity index (χ1n) is 5.37. The van der Waals surface area contributed by atoms with E-state index in [1.807, 2.05) is 24.3 Å². The number of nitro benzene ring substituents is 1. The number of nitro groups is 1. The molecule has 0 atom stereocenters. The fourth-order valence-electron chi connectivity index (χ4n) is 1.46. The zero-order valence-corrected chi connectivity index (χ0v) is 12.0. The third-order valence-electron chi connectivity index (χ3n) is 2.43. The molecule has 0 fully saturated rings. The van der Waals surface area contributed by atoms with Crippen molar-refractivity contribution in [2.75, 3.05) is 0 Å². The highest BCUT2D eigenvalue weighted by Crippen LogP contribution is 2.29. The summed E-state index contributed by atoms with van der Waals surface area (Å²) < 4.78 is 6.52. The maximum atomic E-state index is 10.6. The molecule has 2 aromatic carbocycles. The van der Waals surface area contributed by atoms with Crippen LogP contribution in [0, 0.1) is 10.1 Å². The number of hydrogen-bond donors (Lipinski definition) is 0. The van der Waals surface area contributed by atoms with Crippen molar-refractivity contribution in [1.29, 1.82) is 0 Å². The maximum absolute atomic E-state index is 10.6. The summed E-state index contributed by atoms with van der Waals surface area (Å²) in [5, 5.41) is 10.8. The Hall–Kier alpha value is -1.59. The zero-order valence-electron chi connectivity index (χ0n) is 9.68. The third kappa shape index (κ3) is 3.68. The van der Waals surface area contributed by atoms with Gasteiger partial charge in [-0.25, -0.2) is 0 Å². The summed E-state index contributed by atoms with van der Waals surface area (Å²) >= 11 is 9.28. The lowest BCUT2D eigenvalue weighted by molar-refractivity contribution is -0.384. The molecule has 98 valence electrons. The standard InChI is InChI=1S/C13H9BrClNO3/c14-10-3-1-9(2-4-10)8-19-13-6-5-11(16(17)18)7-12(13)15/h1-7H,8H2. The van der Waals surface area contributed by atoms with Crippen LogP contribution in [-0.4, -0.2) is 4.92 Å². The van der Waals surface area contributed by atoms with Crippen LogP contribution in [0.2, 0.25) is 5.02 Å². The number of benzene rings is 2. The predicted octanol–water partition coefficient (Wildman–Crippen LogP) is 4.59. The summed E-state index contributed by atoms with van der Waals surface area (Å²) in [4.78, 5) is 10.1. The van der Waals surface area contributed by atoms with Crippen molar-refractivity contribution >= 4 is 33.2 Å². The minimum atomic E-state index is -0.496. The van der Waals surface area contributed by atoms with E-state index in [0.29, 0.717) is 12.4 Å². The highest BCUT2D eigenvalue weighted by atomic mass is 79.9. The minimum absolute atomic E-state index is 0.0546. The van der Waals surface area contributed by atoms with Crippen molar-refractivity contribution in [1.82, 2.24) is 0 Å². The van der Waals surface area contributed by atoms with Crippen molar-refractivity contribution < 1.29 is 9.66 Å². The summed E-state index contributed by atoms with van der Waals surface area (Å²) in [7, 11) is 0. The normalized spacial score (nSPS) is 10.2. The van der Waals surface area contributed by atoms with E-state index in [1.165, 1.54) is 18.2 Å². The number of rotatable bonds is 4. The van der Waals surface area contributed by atoms with E-state index in [2.05, 4.69) is 15.9 Å². The lowest BCUT2D eigenvalue weighted by Gasteiger charge is -2.08. The molecule has 0 heterocycles. The largest absolute Gasteiger partial charge is 0.487 e. The molecule has 0 aromatic heterocycles. The molecule has 0 radical (unpaired) electrons. The van der Waals surface area contributed by atoms with Crippen molar-refractivity contribution in [2.45, 2.75) is 6.61 Å². The topological polar surface area (TPSA) is 52.4 Å². The van der Waals surface area contributed by atoms with Gasteiger partial charge < -0.3 is 4.74 Å². The van der Waals surface area contributed by atoms with Gasteiger partial charge in [-0.15, -0.1) is 0 Å². The zero-order chi connectivity index (χ0) is 13.8. The van der Waals surface area contributed by atoms with Crippen molar-refractivity contribution in [3.63, 3.8) is 0 Å². The SMILES string of the molecule is O=[N+]([O-])c1ccc(OCc2ccc(Br)cc2)c(Cl)c1. The number of halogens is 2. The van der Waals surface area contributed by atoms with Crippen LogP contribution in [0.15, 0.2) is 46.9 Å². The molecule has 0 aliphatic rings. The van der Waals surface area contributed by atoms with Gasteiger partial charge in [0.2, 0.25) is 0 Å². The molecule has 6 heteroatoms. The van der Waals surface area contributed by atoms with Crippen LogP contribution in [0.25, 0.3) is 0 Å². The quantitative estimate of drug-likeness (QED) is 0.603. The number of nitrogens with zero attached hydrogens (tertiary/aromatic N) is 1. The molecule has 0 spiro atoms. The molecule has 4 nitrogen and oxygen atoms in total. The van der Waals surface area contributed by atoms with E-state index in [1.54, 1.807) is 0 Å². The molecule has 0 saturated carbocycles. The Kier molecular flexibility index (Phi) is 4.39. The van der Waals surface area contributed by atoms with Crippen LogP contribution in [-0.2, 0) is 6.61 Å². The average Bonchev–Trinajstić information content (AvgIpc) is 2.39. The van der Waals surface area contributed by atoms with E-state index in [9.17, 15) is 10.1 Å². The van der Waals surface area contributed by atoms with Crippen LogP contribution in [0.3, 0.4) is 0 Å². The van der Waals surface area contributed by atoms with Gasteiger partial charge in [0.25, 0.3) is 5.69 Å². The Labute approximate surface area is 123 Å². The van der Waals surface area contributed by atoms with Gasteiger partial charge >= 0.3 is 0 Å². The number of ether oxygens (including phenoxy) is 1. The monoisotopic (exact) mass is 341 g/mol. The van der Waals surface area contributed by atoms with E-state index >= 15 is 0 Å². The molecule has 0 aliphatic heterocycles. The summed E-state index contributed by atoms with van der Waals surface area (Å²) in [6.07, 6.45) is 0. The molecule has 0 amide bonds. The molecule has 2 aromatic rings. The van der Waals surface area contributed by atoms with Gasteiger partial charge in [-0.1, -0.05) is 39.7 Å². The molecular formula is C13H9BrClNO3. The van der Waals surface area contributed by atoms with Crippen LogP contribution in [0.4, 0.5) is 5.69 Å². The summed E-state index contributed by atoms with van der Waals surface area (Å²) in [6, 6.07) is 11.8.